The van der Waals surface area contributed by atoms with Crippen LogP contribution in [0.15, 0.2) is 30.3 Å². The van der Waals surface area contributed by atoms with Crippen LogP contribution in [0.4, 0.5) is 4.39 Å². The Morgan fingerprint density at radius 2 is 1.71 bits per heavy atom. The van der Waals surface area contributed by atoms with Gasteiger partial charge in [0.2, 0.25) is 0 Å². The highest BCUT2D eigenvalue weighted by atomic mass is 19.1. The monoisotopic (exact) mass is 321 g/mol. The first-order valence-electron chi connectivity index (χ1n) is 8.97. The maximum Gasteiger partial charge on any atom is 0.126 e. The van der Waals surface area contributed by atoms with Crippen molar-refractivity contribution in [2.24, 2.45) is 0 Å². The molecule has 0 amide bonds. The van der Waals surface area contributed by atoms with Crippen molar-refractivity contribution < 1.29 is 4.39 Å². The van der Waals surface area contributed by atoms with Crippen LogP contribution in [0.2, 0.25) is 0 Å². The first-order valence-corrected chi connectivity index (χ1v) is 8.97. The summed E-state index contributed by atoms with van der Waals surface area (Å²) in [6, 6.07) is 8.26. The smallest absolute Gasteiger partial charge is 0.126 e. The Bertz CT molecular complexity index is 809. The molecule has 1 aliphatic carbocycles. The fourth-order valence-electron chi connectivity index (χ4n) is 4.35. The van der Waals surface area contributed by atoms with Crippen LogP contribution in [0.1, 0.15) is 40.7 Å². The Labute approximate surface area is 143 Å². The third kappa shape index (κ3) is 2.59. The molecule has 2 heteroatoms. The van der Waals surface area contributed by atoms with Gasteiger partial charge in [-0.05, 0) is 96.7 Å². The summed E-state index contributed by atoms with van der Waals surface area (Å²) in [5.41, 5.74) is 10.1. The predicted molar refractivity (Wildman–Crippen MR) is 98.8 cm³/mol. The molecule has 124 valence electrons. The van der Waals surface area contributed by atoms with Crippen LogP contribution in [0, 0.1) is 19.7 Å². The minimum Gasteiger partial charge on any atom is -0.313 e. The summed E-state index contributed by atoms with van der Waals surface area (Å²) in [5, 5.41) is 3.37. The van der Waals surface area contributed by atoms with Crippen LogP contribution in [0.3, 0.4) is 0 Å². The highest BCUT2D eigenvalue weighted by molar-refractivity contribution is 5.79. The van der Waals surface area contributed by atoms with Gasteiger partial charge in [0.1, 0.15) is 5.82 Å². The molecule has 0 fully saturated rings. The van der Waals surface area contributed by atoms with Crippen LogP contribution < -0.4 is 5.32 Å². The number of aryl methyl sites for hydroxylation is 2. The Morgan fingerprint density at radius 1 is 0.958 bits per heavy atom. The lowest BCUT2D eigenvalue weighted by molar-refractivity contribution is 0.613. The SMILES string of the molecule is Cc1cc(C2=CCNCC2)cc(C)c1-c1ccc(F)c2c1CCC2. The number of fused-ring (bicyclic) bond motifs is 1. The molecule has 2 aliphatic rings. The maximum absolute atomic E-state index is 14.1. The molecule has 1 N–H and O–H groups in total. The number of hydrogen-bond acceptors (Lipinski definition) is 1. The zero-order valence-corrected chi connectivity index (χ0v) is 14.5. The quantitative estimate of drug-likeness (QED) is 0.823. The highest BCUT2D eigenvalue weighted by Gasteiger charge is 2.21. The van der Waals surface area contributed by atoms with E-state index < -0.39 is 0 Å². The molecular weight excluding hydrogens is 297 g/mol. The van der Waals surface area contributed by atoms with Crippen molar-refractivity contribution in [2.75, 3.05) is 13.1 Å². The summed E-state index contributed by atoms with van der Waals surface area (Å²) in [6.07, 6.45) is 6.33. The van der Waals surface area contributed by atoms with Gasteiger partial charge >= 0.3 is 0 Å². The van der Waals surface area contributed by atoms with Gasteiger partial charge in [-0.25, -0.2) is 4.39 Å². The van der Waals surface area contributed by atoms with E-state index in [4.69, 9.17) is 0 Å². The highest BCUT2D eigenvalue weighted by Crippen LogP contribution is 2.38. The van der Waals surface area contributed by atoms with Crippen molar-refractivity contribution >= 4 is 5.57 Å². The largest absolute Gasteiger partial charge is 0.313 e. The number of nitrogens with one attached hydrogen (secondary N) is 1. The molecule has 4 rings (SSSR count). The molecular formula is C22H24FN. The molecule has 0 atom stereocenters. The topological polar surface area (TPSA) is 12.0 Å². The van der Waals surface area contributed by atoms with Gasteiger partial charge in [0, 0.05) is 6.54 Å². The molecule has 0 spiro atoms. The van der Waals surface area contributed by atoms with Crippen LogP contribution in [-0.2, 0) is 12.8 Å². The van der Waals surface area contributed by atoms with Gasteiger partial charge in [0.05, 0.1) is 0 Å². The van der Waals surface area contributed by atoms with Gasteiger partial charge in [-0.3, -0.25) is 0 Å². The molecule has 1 aliphatic heterocycles. The molecule has 2 aromatic rings. The molecule has 0 saturated heterocycles. The summed E-state index contributed by atoms with van der Waals surface area (Å²) >= 11 is 0. The van der Waals surface area contributed by atoms with Crippen molar-refractivity contribution in [1.29, 1.82) is 0 Å². The number of hydrogen-bond donors (Lipinski definition) is 1. The molecule has 0 bridgehead atoms. The molecule has 1 heterocycles. The average molecular weight is 321 g/mol. The second-order valence-electron chi connectivity index (χ2n) is 7.07. The standard InChI is InChI=1S/C22H24FN/c1-14-12-17(16-8-10-24-11-9-16)13-15(2)22(14)20-6-7-21(23)19-5-3-4-18(19)20/h6-8,12-13,24H,3-5,9-11H2,1-2H3. The summed E-state index contributed by atoms with van der Waals surface area (Å²) in [7, 11) is 0. The summed E-state index contributed by atoms with van der Waals surface area (Å²) in [5.74, 6) is -0.0296. The Balaban J connectivity index is 1.83. The fraction of sp³-hybridized carbons (Fsp3) is 0.364. The fourth-order valence-corrected chi connectivity index (χ4v) is 4.35. The van der Waals surface area contributed by atoms with Crippen molar-refractivity contribution in [3.8, 4) is 11.1 Å². The van der Waals surface area contributed by atoms with Gasteiger partial charge < -0.3 is 5.32 Å². The van der Waals surface area contributed by atoms with Gasteiger partial charge in [-0.2, -0.15) is 0 Å². The van der Waals surface area contributed by atoms with E-state index in [0.717, 1.165) is 44.3 Å². The van der Waals surface area contributed by atoms with Crippen LogP contribution in [-0.4, -0.2) is 13.1 Å². The van der Waals surface area contributed by atoms with Gasteiger partial charge in [0.25, 0.3) is 0 Å². The third-order valence-electron chi connectivity index (χ3n) is 5.46. The Morgan fingerprint density at radius 3 is 2.42 bits per heavy atom. The summed E-state index contributed by atoms with van der Waals surface area (Å²) < 4.78 is 14.1. The molecule has 1 nitrogen and oxygen atoms in total. The third-order valence-corrected chi connectivity index (χ3v) is 5.46. The molecule has 0 radical (unpaired) electrons. The van der Waals surface area contributed by atoms with E-state index in [1.807, 2.05) is 6.07 Å². The lowest BCUT2D eigenvalue weighted by Gasteiger charge is -2.19. The molecule has 2 aromatic carbocycles. The first-order chi connectivity index (χ1) is 11.6. The van der Waals surface area contributed by atoms with Gasteiger partial charge in [-0.15, -0.1) is 0 Å². The van der Waals surface area contributed by atoms with E-state index in [2.05, 4.69) is 37.4 Å². The predicted octanol–water partition coefficient (Wildman–Crippen LogP) is 4.97. The first kappa shape index (κ1) is 15.6. The zero-order chi connectivity index (χ0) is 16.7. The number of rotatable bonds is 2. The van der Waals surface area contributed by atoms with Crippen LogP contribution in [0.25, 0.3) is 16.7 Å². The normalized spacial score (nSPS) is 16.9. The lowest BCUT2D eigenvalue weighted by atomic mass is 9.87. The van der Waals surface area contributed by atoms with E-state index in [1.54, 1.807) is 6.07 Å². The van der Waals surface area contributed by atoms with E-state index in [1.165, 1.54) is 39.0 Å². The minimum absolute atomic E-state index is 0.0296. The molecule has 0 unspecified atom stereocenters. The van der Waals surface area contributed by atoms with Crippen molar-refractivity contribution in [2.45, 2.75) is 39.5 Å². The minimum atomic E-state index is -0.0296. The van der Waals surface area contributed by atoms with Crippen LogP contribution in [0.5, 0.6) is 0 Å². The Hall–Kier alpha value is -1.93. The van der Waals surface area contributed by atoms with Crippen molar-refractivity contribution in [3.63, 3.8) is 0 Å². The van der Waals surface area contributed by atoms with Gasteiger partial charge in [-0.1, -0.05) is 24.3 Å². The second-order valence-corrected chi connectivity index (χ2v) is 7.07. The van der Waals surface area contributed by atoms with Crippen molar-refractivity contribution in [3.05, 3.63) is 64.0 Å². The molecule has 24 heavy (non-hydrogen) atoms. The summed E-state index contributed by atoms with van der Waals surface area (Å²) in [4.78, 5) is 0. The second kappa shape index (κ2) is 6.18. The summed E-state index contributed by atoms with van der Waals surface area (Å²) in [6.45, 7) is 6.40. The van der Waals surface area contributed by atoms with Crippen molar-refractivity contribution in [1.82, 2.24) is 5.32 Å². The molecule has 0 aromatic heterocycles. The van der Waals surface area contributed by atoms with Gasteiger partial charge in [0.15, 0.2) is 0 Å². The lowest BCUT2D eigenvalue weighted by Crippen LogP contribution is -2.20. The maximum atomic E-state index is 14.1. The molecule has 0 saturated carbocycles. The zero-order valence-electron chi connectivity index (χ0n) is 14.5. The number of benzene rings is 2. The van der Waals surface area contributed by atoms with Crippen LogP contribution >= 0.6 is 0 Å². The Kier molecular flexibility index (Phi) is 4.01. The van der Waals surface area contributed by atoms with E-state index in [-0.39, 0.29) is 5.82 Å². The number of halogens is 1. The van der Waals surface area contributed by atoms with E-state index >= 15 is 0 Å². The van der Waals surface area contributed by atoms with E-state index in [9.17, 15) is 4.39 Å². The average Bonchev–Trinajstić information content (AvgIpc) is 3.08. The van der Waals surface area contributed by atoms with E-state index in [0.29, 0.717) is 0 Å².